The highest BCUT2D eigenvalue weighted by atomic mass is 19.1. The number of pyridine rings is 1. The summed E-state index contributed by atoms with van der Waals surface area (Å²) in [5, 5.41) is 18.5. The summed E-state index contributed by atoms with van der Waals surface area (Å²) >= 11 is 0. The molecular formula is C33H30F2N4O3. The van der Waals surface area contributed by atoms with E-state index in [1.54, 1.807) is 37.4 Å². The van der Waals surface area contributed by atoms with Gasteiger partial charge in [-0.05, 0) is 47.5 Å². The maximum absolute atomic E-state index is 15.4. The molecule has 214 valence electrons. The van der Waals surface area contributed by atoms with Crippen molar-refractivity contribution < 1.29 is 23.4 Å². The number of hydrogen-bond acceptors (Lipinski definition) is 6. The van der Waals surface area contributed by atoms with Gasteiger partial charge in [-0.25, -0.2) is 18.7 Å². The van der Waals surface area contributed by atoms with Crippen LogP contribution in [-0.4, -0.2) is 40.0 Å². The average molecular weight is 569 g/mol. The highest BCUT2D eigenvalue weighted by Gasteiger charge is 2.16. The summed E-state index contributed by atoms with van der Waals surface area (Å²) in [5.41, 5.74) is 4.82. The number of rotatable bonds is 11. The molecule has 7 nitrogen and oxygen atoms in total. The molecule has 0 aliphatic heterocycles. The first-order valence-electron chi connectivity index (χ1n) is 13.6. The van der Waals surface area contributed by atoms with Gasteiger partial charge in [-0.3, -0.25) is 0 Å². The Labute approximate surface area is 242 Å². The van der Waals surface area contributed by atoms with Crippen LogP contribution < -0.4 is 4.74 Å². The first kappa shape index (κ1) is 28.9. The highest BCUT2D eigenvalue weighted by molar-refractivity contribution is 5.77. The zero-order valence-corrected chi connectivity index (χ0v) is 23.3. The lowest BCUT2D eigenvalue weighted by Crippen LogP contribution is -2.10. The Morgan fingerprint density at radius 1 is 0.976 bits per heavy atom. The Balaban J connectivity index is 1.36. The zero-order chi connectivity index (χ0) is 29.6. The second-order valence-electron chi connectivity index (χ2n) is 10.1. The lowest BCUT2D eigenvalue weighted by molar-refractivity contribution is 0.187. The summed E-state index contributed by atoms with van der Waals surface area (Å²) in [7, 11) is 1.63. The number of nitrogens with zero attached hydrogens (tertiary/aromatic N) is 4. The van der Waals surface area contributed by atoms with E-state index >= 15 is 4.39 Å². The summed E-state index contributed by atoms with van der Waals surface area (Å²) in [6, 6.07) is 22.1. The summed E-state index contributed by atoms with van der Waals surface area (Å²) in [6.07, 6.45) is 0.280. The minimum Gasteiger partial charge on any atom is -0.473 e. The fourth-order valence-electron chi connectivity index (χ4n) is 4.73. The van der Waals surface area contributed by atoms with Crippen LogP contribution in [0.15, 0.2) is 72.8 Å². The van der Waals surface area contributed by atoms with E-state index in [0.717, 1.165) is 22.7 Å². The SMILES string of the molecule is COCCn1c(Cc2ccc(-c3cccc(OCc4ccc(C#N)cc4F)n3)cc2F)nc2ccc([C@@H](C)CO)cc21. The average Bonchev–Trinajstić information content (AvgIpc) is 3.35. The van der Waals surface area contributed by atoms with Gasteiger partial charge in [-0.15, -0.1) is 0 Å². The number of hydrogen-bond donors (Lipinski definition) is 1. The third-order valence-electron chi connectivity index (χ3n) is 7.19. The molecule has 5 rings (SSSR count). The first-order valence-corrected chi connectivity index (χ1v) is 13.6. The van der Waals surface area contributed by atoms with E-state index in [1.807, 2.05) is 35.8 Å². The van der Waals surface area contributed by atoms with Crippen LogP contribution in [0, 0.1) is 23.0 Å². The number of halogens is 2. The van der Waals surface area contributed by atoms with Gasteiger partial charge in [0.15, 0.2) is 0 Å². The number of benzene rings is 3. The van der Waals surface area contributed by atoms with Gasteiger partial charge in [0.05, 0.1) is 35.0 Å². The van der Waals surface area contributed by atoms with E-state index in [-0.39, 0.29) is 42.8 Å². The maximum Gasteiger partial charge on any atom is 0.214 e. The number of ether oxygens (including phenoxy) is 2. The molecule has 0 radical (unpaired) electrons. The minimum atomic E-state index is -0.529. The van der Waals surface area contributed by atoms with Gasteiger partial charge >= 0.3 is 0 Å². The van der Waals surface area contributed by atoms with E-state index < -0.39 is 5.82 Å². The lowest BCUT2D eigenvalue weighted by Gasteiger charge is -2.12. The maximum atomic E-state index is 15.4. The van der Waals surface area contributed by atoms with Crippen molar-refractivity contribution in [3.8, 4) is 23.2 Å². The van der Waals surface area contributed by atoms with Crippen LogP contribution in [0.4, 0.5) is 8.78 Å². The number of fused-ring (bicyclic) bond motifs is 1. The van der Waals surface area contributed by atoms with Crippen molar-refractivity contribution >= 4 is 11.0 Å². The van der Waals surface area contributed by atoms with Crippen LogP contribution in [0.2, 0.25) is 0 Å². The highest BCUT2D eigenvalue weighted by Crippen LogP contribution is 2.27. The third-order valence-corrected chi connectivity index (χ3v) is 7.19. The van der Waals surface area contributed by atoms with Crippen molar-refractivity contribution in [1.29, 1.82) is 5.26 Å². The molecular weight excluding hydrogens is 538 g/mol. The van der Waals surface area contributed by atoms with Crippen LogP contribution in [0.5, 0.6) is 5.88 Å². The van der Waals surface area contributed by atoms with Gasteiger partial charge in [0.25, 0.3) is 0 Å². The summed E-state index contributed by atoms with van der Waals surface area (Å²) in [6.45, 7) is 2.97. The van der Waals surface area contributed by atoms with Crippen LogP contribution in [-0.2, 0) is 24.3 Å². The molecule has 0 unspecified atom stereocenters. The molecule has 1 N–H and O–H groups in total. The molecule has 0 aliphatic rings. The monoisotopic (exact) mass is 568 g/mol. The van der Waals surface area contributed by atoms with Crippen molar-refractivity contribution in [2.45, 2.75) is 32.4 Å². The molecule has 0 fully saturated rings. The van der Waals surface area contributed by atoms with Gasteiger partial charge in [0.2, 0.25) is 5.88 Å². The van der Waals surface area contributed by atoms with Gasteiger partial charge in [0, 0.05) is 49.8 Å². The fraction of sp³-hybridized carbons (Fsp3) is 0.242. The molecule has 2 heterocycles. The van der Waals surface area contributed by atoms with E-state index in [9.17, 15) is 9.50 Å². The second-order valence-corrected chi connectivity index (χ2v) is 10.1. The topological polar surface area (TPSA) is 93.2 Å². The number of imidazole rings is 1. The van der Waals surface area contributed by atoms with E-state index in [4.69, 9.17) is 19.7 Å². The quantitative estimate of drug-likeness (QED) is 0.205. The van der Waals surface area contributed by atoms with Gasteiger partial charge < -0.3 is 19.1 Å². The first-order chi connectivity index (χ1) is 20.4. The standard InChI is InChI=1S/C33H30F2N4O3/c1-21(19-40)23-10-11-30-31(16-23)39(12-13-41-2)32(37-30)17-24-8-9-25(15-28(24)35)29-4-3-5-33(38-29)42-20-26-7-6-22(18-36)14-27(26)34/h3-11,14-16,21,40H,12-13,17,19-20H2,1-2H3/t21-/m0/s1. The van der Waals surface area contributed by atoms with Gasteiger partial charge in [-0.2, -0.15) is 5.26 Å². The largest absolute Gasteiger partial charge is 0.473 e. The van der Waals surface area contributed by atoms with Crippen molar-refractivity contribution in [2.24, 2.45) is 0 Å². The van der Waals surface area contributed by atoms with E-state index in [2.05, 4.69) is 4.98 Å². The molecule has 42 heavy (non-hydrogen) atoms. The number of aromatic nitrogens is 3. The second kappa shape index (κ2) is 12.9. The van der Waals surface area contributed by atoms with Gasteiger partial charge in [-0.1, -0.05) is 37.3 Å². The Morgan fingerprint density at radius 3 is 2.52 bits per heavy atom. The minimum absolute atomic E-state index is 0.0109. The molecule has 0 saturated heterocycles. The van der Waals surface area contributed by atoms with Crippen LogP contribution >= 0.6 is 0 Å². The normalized spacial score (nSPS) is 11.9. The molecule has 5 aromatic rings. The van der Waals surface area contributed by atoms with E-state index in [0.29, 0.717) is 41.4 Å². The number of aliphatic hydroxyl groups is 1. The summed E-state index contributed by atoms with van der Waals surface area (Å²) < 4.78 is 42.7. The van der Waals surface area contributed by atoms with Gasteiger partial charge in [0.1, 0.15) is 24.1 Å². The summed E-state index contributed by atoms with van der Waals surface area (Å²) in [5.74, 6) is 0.0517. The molecule has 0 spiro atoms. The van der Waals surface area contributed by atoms with Crippen molar-refractivity contribution in [3.05, 3.63) is 113 Å². The molecule has 0 bridgehead atoms. The summed E-state index contributed by atoms with van der Waals surface area (Å²) in [4.78, 5) is 9.26. The van der Waals surface area contributed by atoms with Crippen LogP contribution in [0.1, 0.15) is 40.9 Å². The number of nitriles is 1. The number of aliphatic hydroxyl groups excluding tert-OH is 1. The predicted molar refractivity (Wildman–Crippen MR) is 155 cm³/mol. The molecule has 2 aromatic heterocycles. The van der Waals surface area contributed by atoms with Crippen LogP contribution in [0.25, 0.3) is 22.3 Å². The van der Waals surface area contributed by atoms with Crippen molar-refractivity contribution in [3.63, 3.8) is 0 Å². The Morgan fingerprint density at radius 2 is 1.79 bits per heavy atom. The molecule has 3 aromatic carbocycles. The third kappa shape index (κ3) is 6.30. The van der Waals surface area contributed by atoms with E-state index in [1.165, 1.54) is 18.2 Å². The molecule has 9 heteroatoms. The van der Waals surface area contributed by atoms with Crippen LogP contribution in [0.3, 0.4) is 0 Å². The Hall–Kier alpha value is -4.65. The molecule has 0 saturated carbocycles. The molecule has 0 aliphatic carbocycles. The van der Waals surface area contributed by atoms with Crippen molar-refractivity contribution in [2.75, 3.05) is 20.3 Å². The number of methoxy groups -OCH3 is 1. The Kier molecular flexibility index (Phi) is 8.86. The fourth-order valence-corrected chi connectivity index (χ4v) is 4.73. The van der Waals surface area contributed by atoms with Crippen molar-refractivity contribution in [1.82, 2.24) is 14.5 Å². The lowest BCUT2D eigenvalue weighted by atomic mass is 10.0. The molecule has 0 amide bonds. The molecule has 1 atom stereocenters. The Bertz CT molecular complexity index is 1760. The zero-order valence-electron chi connectivity index (χ0n) is 23.3. The smallest absolute Gasteiger partial charge is 0.214 e. The predicted octanol–water partition coefficient (Wildman–Crippen LogP) is 6.16.